The molecule has 0 bridgehead atoms. The third-order valence-electron chi connectivity index (χ3n) is 4.02. The van der Waals surface area contributed by atoms with E-state index in [1.54, 1.807) is 0 Å². The Labute approximate surface area is 132 Å². The number of carbonyl (C=O) groups is 1. The molecule has 2 rings (SSSR count). The van der Waals surface area contributed by atoms with E-state index in [1.807, 2.05) is 34.6 Å². The fourth-order valence-electron chi connectivity index (χ4n) is 2.65. The van der Waals surface area contributed by atoms with Crippen LogP contribution in [-0.2, 0) is 11.3 Å². The molecule has 0 aromatic carbocycles. The van der Waals surface area contributed by atoms with Crippen molar-refractivity contribution in [3.05, 3.63) is 17.0 Å². The van der Waals surface area contributed by atoms with Crippen molar-refractivity contribution in [2.24, 2.45) is 0 Å². The minimum atomic E-state index is -0.473. The van der Waals surface area contributed by atoms with Crippen molar-refractivity contribution in [1.82, 2.24) is 15.8 Å². The van der Waals surface area contributed by atoms with Crippen molar-refractivity contribution in [2.45, 2.75) is 71.6 Å². The molecule has 0 atom stereocenters. The maximum atomic E-state index is 12.0. The van der Waals surface area contributed by atoms with E-state index in [2.05, 4.69) is 15.8 Å². The van der Waals surface area contributed by atoms with E-state index in [0.717, 1.165) is 42.8 Å². The summed E-state index contributed by atoms with van der Waals surface area (Å²) in [4.78, 5) is 12.0. The van der Waals surface area contributed by atoms with Crippen LogP contribution in [0.15, 0.2) is 4.52 Å². The highest BCUT2D eigenvalue weighted by Crippen LogP contribution is 2.31. The van der Waals surface area contributed by atoms with E-state index in [-0.39, 0.29) is 11.6 Å². The Bertz CT molecular complexity index is 508. The van der Waals surface area contributed by atoms with Crippen LogP contribution in [-0.4, -0.2) is 28.9 Å². The van der Waals surface area contributed by atoms with Crippen molar-refractivity contribution < 1.29 is 14.1 Å². The number of ether oxygens (including phenoxy) is 1. The lowest BCUT2D eigenvalue weighted by atomic mass is 9.76. The molecule has 124 valence electrons. The maximum absolute atomic E-state index is 12.0. The highest BCUT2D eigenvalue weighted by molar-refractivity contribution is 5.69. The van der Waals surface area contributed by atoms with Gasteiger partial charge in [0.25, 0.3) is 0 Å². The second kappa shape index (κ2) is 6.28. The van der Waals surface area contributed by atoms with Crippen LogP contribution in [0.4, 0.5) is 4.79 Å². The molecule has 1 amide bonds. The lowest BCUT2D eigenvalue weighted by Crippen LogP contribution is -2.59. The summed E-state index contributed by atoms with van der Waals surface area (Å²) in [6.07, 6.45) is 2.73. The number of hydrogen-bond acceptors (Lipinski definition) is 5. The van der Waals surface area contributed by atoms with Crippen LogP contribution in [0.5, 0.6) is 0 Å². The molecule has 1 aliphatic carbocycles. The summed E-state index contributed by atoms with van der Waals surface area (Å²) in [6.45, 7) is 10.9. The maximum Gasteiger partial charge on any atom is 0.408 e. The third kappa shape index (κ3) is 4.22. The molecule has 1 aromatic heterocycles. The summed E-state index contributed by atoms with van der Waals surface area (Å²) < 4.78 is 10.5. The van der Waals surface area contributed by atoms with Gasteiger partial charge in [-0.3, -0.25) is 0 Å². The topological polar surface area (TPSA) is 76.4 Å². The van der Waals surface area contributed by atoms with E-state index in [0.29, 0.717) is 6.54 Å². The SMILES string of the molecule is Cc1noc(C)c1CNCC1(NC(=O)OC(C)(C)C)CCC1. The molecule has 1 aromatic rings. The molecule has 1 fully saturated rings. The van der Waals surface area contributed by atoms with Gasteiger partial charge in [0, 0.05) is 18.7 Å². The van der Waals surface area contributed by atoms with Gasteiger partial charge >= 0.3 is 6.09 Å². The molecule has 1 saturated carbocycles. The number of rotatable bonds is 5. The van der Waals surface area contributed by atoms with Crippen LogP contribution in [0.3, 0.4) is 0 Å². The van der Waals surface area contributed by atoms with Gasteiger partial charge in [-0.1, -0.05) is 5.16 Å². The summed E-state index contributed by atoms with van der Waals surface area (Å²) in [5, 5.41) is 10.4. The van der Waals surface area contributed by atoms with Gasteiger partial charge < -0.3 is 19.9 Å². The second-order valence-electron chi connectivity index (χ2n) is 7.17. The molecule has 1 heterocycles. The zero-order chi connectivity index (χ0) is 16.4. The fourth-order valence-corrected chi connectivity index (χ4v) is 2.65. The number of alkyl carbamates (subject to hydrolysis) is 1. The van der Waals surface area contributed by atoms with Crippen LogP contribution in [0.2, 0.25) is 0 Å². The summed E-state index contributed by atoms with van der Waals surface area (Å²) in [6, 6.07) is 0. The van der Waals surface area contributed by atoms with Gasteiger partial charge in [0.05, 0.1) is 11.2 Å². The van der Waals surface area contributed by atoms with Crippen molar-refractivity contribution in [2.75, 3.05) is 6.54 Å². The van der Waals surface area contributed by atoms with Gasteiger partial charge in [-0.05, 0) is 53.9 Å². The van der Waals surface area contributed by atoms with Gasteiger partial charge in [-0.15, -0.1) is 0 Å². The van der Waals surface area contributed by atoms with Crippen molar-refractivity contribution in [3.8, 4) is 0 Å². The van der Waals surface area contributed by atoms with Crippen LogP contribution < -0.4 is 10.6 Å². The molecule has 6 nitrogen and oxygen atoms in total. The number of nitrogens with one attached hydrogen (secondary N) is 2. The first-order valence-corrected chi connectivity index (χ1v) is 7.84. The second-order valence-corrected chi connectivity index (χ2v) is 7.17. The first kappa shape index (κ1) is 16.8. The average molecular weight is 309 g/mol. The fraction of sp³-hybridized carbons (Fsp3) is 0.750. The molecule has 2 N–H and O–H groups in total. The van der Waals surface area contributed by atoms with Crippen LogP contribution in [0.25, 0.3) is 0 Å². The number of hydrogen-bond donors (Lipinski definition) is 2. The Morgan fingerprint density at radius 2 is 2.05 bits per heavy atom. The molecule has 6 heteroatoms. The van der Waals surface area contributed by atoms with E-state index < -0.39 is 5.60 Å². The number of carbonyl (C=O) groups excluding carboxylic acids is 1. The zero-order valence-corrected chi connectivity index (χ0v) is 14.2. The first-order chi connectivity index (χ1) is 10.2. The number of amides is 1. The Hall–Kier alpha value is -1.56. The lowest BCUT2D eigenvalue weighted by molar-refractivity contribution is 0.0382. The van der Waals surface area contributed by atoms with E-state index in [4.69, 9.17) is 9.26 Å². The molecule has 22 heavy (non-hydrogen) atoms. The van der Waals surface area contributed by atoms with E-state index >= 15 is 0 Å². The molecular weight excluding hydrogens is 282 g/mol. The highest BCUT2D eigenvalue weighted by Gasteiger charge is 2.39. The summed E-state index contributed by atoms with van der Waals surface area (Å²) in [5.74, 6) is 0.841. The van der Waals surface area contributed by atoms with Crippen LogP contribution in [0.1, 0.15) is 57.1 Å². The van der Waals surface area contributed by atoms with E-state index in [1.165, 1.54) is 0 Å². The summed E-state index contributed by atoms with van der Waals surface area (Å²) in [5.41, 5.74) is 1.33. The average Bonchev–Trinajstić information content (AvgIpc) is 2.64. The highest BCUT2D eigenvalue weighted by atomic mass is 16.6. The molecule has 0 aliphatic heterocycles. The van der Waals surface area contributed by atoms with Crippen molar-refractivity contribution in [3.63, 3.8) is 0 Å². The zero-order valence-electron chi connectivity index (χ0n) is 14.2. The molecular formula is C16H27N3O3. The quantitative estimate of drug-likeness (QED) is 0.874. The number of aromatic nitrogens is 1. The van der Waals surface area contributed by atoms with Gasteiger partial charge in [-0.2, -0.15) is 0 Å². The van der Waals surface area contributed by atoms with Gasteiger partial charge in [0.15, 0.2) is 0 Å². The van der Waals surface area contributed by atoms with E-state index in [9.17, 15) is 4.79 Å². The molecule has 0 unspecified atom stereocenters. The largest absolute Gasteiger partial charge is 0.444 e. The first-order valence-electron chi connectivity index (χ1n) is 7.84. The van der Waals surface area contributed by atoms with Gasteiger partial charge in [0.1, 0.15) is 11.4 Å². The third-order valence-corrected chi connectivity index (χ3v) is 4.02. The predicted octanol–water partition coefficient (Wildman–Crippen LogP) is 2.83. The minimum Gasteiger partial charge on any atom is -0.444 e. The molecule has 0 spiro atoms. The van der Waals surface area contributed by atoms with Crippen LogP contribution in [0, 0.1) is 13.8 Å². The van der Waals surface area contributed by atoms with Crippen molar-refractivity contribution >= 4 is 6.09 Å². The van der Waals surface area contributed by atoms with Crippen molar-refractivity contribution in [1.29, 1.82) is 0 Å². The van der Waals surface area contributed by atoms with Gasteiger partial charge in [-0.25, -0.2) is 4.79 Å². The molecule has 0 radical (unpaired) electrons. The lowest BCUT2D eigenvalue weighted by Gasteiger charge is -2.42. The summed E-state index contributed by atoms with van der Waals surface area (Å²) in [7, 11) is 0. The van der Waals surface area contributed by atoms with Crippen LogP contribution >= 0.6 is 0 Å². The Morgan fingerprint density at radius 1 is 1.36 bits per heavy atom. The number of nitrogens with zero attached hydrogens (tertiary/aromatic N) is 1. The minimum absolute atomic E-state index is 0.193. The Kier molecular flexibility index (Phi) is 4.80. The monoisotopic (exact) mass is 309 g/mol. The van der Waals surface area contributed by atoms with Gasteiger partial charge in [0.2, 0.25) is 0 Å². The standard InChI is InChI=1S/C16H27N3O3/c1-11-13(12(2)22-19-11)9-17-10-16(7-6-8-16)18-14(20)21-15(3,4)5/h17H,6-10H2,1-5H3,(H,18,20). The summed E-state index contributed by atoms with van der Waals surface area (Å²) >= 11 is 0. The normalized spacial score (nSPS) is 17.0. The Morgan fingerprint density at radius 3 is 2.50 bits per heavy atom. The smallest absolute Gasteiger partial charge is 0.408 e. The Balaban J connectivity index is 1.85. The molecule has 1 aliphatic rings. The molecule has 0 saturated heterocycles. The number of aryl methyl sites for hydroxylation is 2. The predicted molar refractivity (Wildman–Crippen MR) is 83.6 cm³/mol.